The SMILES string of the molecule is CC(C)C(CO)Nc1cc([N+](=O)[O-])ccc1C(=O)O. The third-order valence-corrected chi connectivity index (χ3v) is 2.79. The van der Waals surface area contributed by atoms with E-state index in [2.05, 4.69) is 5.32 Å². The van der Waals surface area contributed by atoms with Crippen molar-refractivity contribution >= 4 is 17.3 Å². The quantitative estimate of drug-likeness (QED) is 0.535. The maximum atomic E-state index is 11.1. The van der Waals surface area contributed by atoms with Crippen molar-refractivity contribution in [3.05, 3.63) is 33.9 Å². The van der Waals surface area contributed by atoms with E-state index in [0.717, 1.165) is 12.1 Å². The first kappa shape index (κ1) is 14.9. The predicted octanol–water partition coefficient (Wildman–Crippen LogP) is 1.72. The molecule has 0 aliphatic rings. The summed E-state index contributed by atoms with van der Waals surface area (Å²) < 4.78 is 0. The Morgan fingerprint density at radius 2 is 2.11 bits per heavy atom. The van der Waals surface area contributed by atoms with Gasteiger partial charge < -0.3 is 15.5 Å². The van der Waals surface area contributed by atoms with Gasteiger partial charge in [0.15, 0.2) is 0 Å². The van der Waals surface area contributed by atoms with Crippen molar-refractivity contribution in [2.75, 3.05) is 11.9 Å². The van der Waals surface area contributed by atoms with Crippen molar-refractivity contribution in [2.24, 2.45) is 5.92 Å². The normalized spacial score (nSPS) is 12.2. The second-order valence-electron chi connectivity index (χ2n) is 4.47. The fraction of sp³-hybridized carbons (Fsp3) is 0.417. The van der Waals surface area contributed by atoms with Gasteiger partial charge in [-0.2, -0.15) is 0 Å². The molecular formula is C12H16N2O5. The number of aliphatic hydroxyl groups is 1. The number of non-ortho nitro benzene ring substituents is 1. The third-order valence-electron chi connectivity index (χ3n) is 2.79. The largest absolute Gasteiger partial charge is 0.478 e. The topological polar surface area (TPSA) is 113 Å². The number of carboxylic acid groups (broad SMARTS) is 1. The number of hydrogen-bond acceptors (Lipinski definition) is 5. The first-order chi connectivity index (χ1) is 8.86. The zero-order chi connectivity index (χ0) is 14.6. The summed E-state index contributed by atoms with van der Waals surface area (Å²) >= 11 is 0. The fourth-order valence-electron chi connectivity index (χ4n) is 1.57. The lowest BCUT2D eigenvalue weighted by Crippen LogP contribution is -2.30. The van der Waals surface area contributed by atoms with Crippen LogP contribution in [-0.4, -0.2) is 33.8 Å². The second-order valence-corrected chi connectivity index (χ2v) is 4.47. The monoisotopic (exact) mass is 268 g/mol. The number of carbonyl (C=O) groups is 1. The van der Waals surface area contributed by atoms with E-state index in [1.807, 2.05) is 13.8 Å². The lowest BCUT2D eigenvalue weighted by Gasteiger charge is -2.22. The number of benzene rings is 1. The van der Waals surface area contributed by atoms with Crippen LogP contribution >= 0.6 is 0 Å². The van der Waals surface area contributed by atoms with Gasteiger partial charge in [0.1, 0.15) is 0 Å². The summed E-state index contributed by atoms with van der Waals surface area (Å²) in [5.41, 5.74) is -0.132. The lowest BCUT2D eigenvalue weighted by molar-refractivity contribution is -0.384. The van der Waals surface area contributed by atoms with Gasteiger partial charge in [-0.05, 0) is 12.0 Å². The van der Waals surface area contributed by atoms with Crippen LogP contribution in [0.5, 0.6) is 0 Å². The molecule has 104 valence electrons. The van der Waals surface area contributed by atoms with Gasteiger partial charge in [-0.25, -0.2) is 4.79 Å². The standard InChI is InChI=1S/C12H16N2O5/c1-7(2)11(6-15)13-10-5-8(14(18)19)3-4-9(10)12(16)17/h3-5,7,11,13,15H,6H2,1-2H3,(H,16,17). The van der Waals surface area contributed by atoms with Gasteiger partial charge in [-0.1, -0.05) is 13.8 Å². The minimum Gasteiger partial charge on any atom is -0.478 e. The lowest BCUT2D eigenvalue weighted by atomic mass is 10.0. The number of nitrogens with one attached hydrogen (secondary N) is 1. The Morgan fingerprint density at radius 1 is 1.47 bits per heavy atom. The molecule has 1 aromatic carbocycles. The Kier molecular flexibility index (Phi) is 4.82. The molecule has 0 saturated carbocycles. The van der Waals surface area contributed by atoms with E-state index < -0.39 is 10.9 Å². The minimum atomic E-state index is -1.18. The molecule has 0 saturated heterocycles. The summed E-state index contributed by atoms with van der Waals surface area (Å²) in [6, 6.07) is 3.10. The molecule has 7 heteroatoms. The molecule has 0 aromatic heterocycles. The van der Waals surface area contributed by atoms with Crippen LogP contribution < -0.4 is 5.32 Å². The molecule has 0 fully saturated rings. The smallest absolute Gasteiger partial charge is 0.337 e. The average Bonchev–Trinajstić information content (AvgIpc) is 2.34. The van der Waals surface area contributed by atoms with Crippen LogP contribution in [0.1, 0.15) is 24.2 Å². The minimum absolute atomic E-state index is 0.0471. The van der Waals surface area contributed by atoms with Crippen LogP contribution in [0.15, 0.2) is 18.2 Å². The van der Waals surface area contributed by atoms with E-state index >= 15 is 0 Å². The van der Waals surface area contributed by atoms with Gasteiger partial charge in [-0.15, -0.1) is 0 Å². The molecule has 1 atom stereocenters. The van der Waals surface area contributed by atoms with Crippen LogP contribution in [0, 0.1) is 16.0 Å². The highest BCUT2D eigenvalue weighted by molar-refractivity contribution is 5.94. The fourth-order valence-corrected chi connectivity index (χ4v) is 1.57. The first-order valence-electron chi connectivity index (χ1n) is 5.76. The Morgan fingerprint density at radius 3 is 2.53 bits per heavy atom. The molecule has 0 aliphatic heterocycles. The Labute approximate surface area is 110 Å². The number of carboxylic acids is 1. The highest BCUT2D eigenvalue weighted by atomic mass is 16.6. The zero-order valence-electron chi connectivity index (χ0n) is 10.7. The Balaban J connectivity index is 3.17. The Bertz CT molecular complexity index is 487. The van der Waals surface area contributed by atoms with Crippen molar-refractivity contribution in [1.29, 1.82) is 0 Å². The molecule has 0 radical (unpaired) electrons. The predicted molar refractivity (Wildman–Crippen MR) is 69.4 cm³/mol. The van der Waals surface area contributed by atoms with Crippen LogP contribution in [0.2, 0.25) is 0 Å². The number of hydrogen-bond donors (Lipinski definition) is 3. The summed E-state index contributed by atoms with van der Waals surface area (Å²) in [6.07, 6.45) is 0. The van der Waals surface area contributed by atoms with Crippen LogP contribution in [0.25, 0.3) is 0 Å². The van der Waals surface area contributed by atoms with E-state index in [-0.39, 0.29) is 35.5 Å². The molecule has 0 heterocycles. The molecular weight excluding hydrogens is 252 g/mol. The van der Waals surface area contributed by atoms with E-state index in [1.54, 1.807) is 0 Å². The molecule has 3 N–H and O–H groups in total. The van der Waals surface area contributed by atoms with Gasteiger partial charge in [0.25, 0.3) is 5.69 Å². The van der Waals surface area contributed by atoms with Crippen molar-refractivity contribution in [3.63, 3.8) is 0 Å². The van der Waals surface area contributed by atoms with Crippen LogP contribution in [-0.2, 0) is 0 Å². The number of nitro groups is 1. The molecule has 7 nitrogen and oxygen atoms in total. The van der Waals surface area contributed by atoms with Crippen molar-refractivity contribution < 1.29 is 19.9 Å². The van der Waals surface area contributed by atoms with Gasteiger partial charge in [0.05, 0.1) is 28.8 Å². The zero-order valence-corrected chi connectivity index (χ0v) is 10.7. The molecule has 1 rings (SSSR count). The average molecular weight is 268 g/mol. The molecule has 0 bridgehead atoms. The molecule has 1 aromatic rings. The number of nitrogens with zero attached hydrogens (tertiary/aromatic N) is 1. The molecule has 19 heavy (non-hydrogen) atoms. The summed E-state index contributed by atoms with van der Waals surface area (Å²) in [5.74, 6) is -1.14. The molecule has 0 amide bonds. The number of aliphatic hydroxyl groups excluding tert-OH is 1. The molecule has 1 unspecified atom stereocenters. The summed E-state index contributed by atoms with van der Waals surface area (Å²) in [7, 11) is 0. The summed E-state index contributed by atoms with van der Waals surface area (Å²) in [5, 5.41) is 31.8. The highest BCUT2D eigenvalue weighted by Gasteiger charge is 2.19. The van der Waals surface area contributed by atoms with Gasteiger partial charge in [-0.3, -0.25) is 10.1 Å². The van der Waals surface area contributed by atoms with Gasteiger partial charge >= 0.3 is 5.97 Å². The third kappa shape index (κ3) is 3.65. The number of rotatable bonds is 6. The number of anilines is 1. The van der Waals surface area contributed by atoms with Crippen LogP contribution in [0.4, 0.5) is 11.4 Å². The summed E-state index contributed by atoms with van der Waals surface area (Å²) in [6.45, 7) is 3.51. The van der Waals surface area contributed by atoms with Gasteiger partial charge in [0, 0.05) is 12.1 Å². The van der Waals surface area contributed by atoms with E-state index in [4.69, 9.17) is 5.11 Å². The maximum Gasteiger partial charge on any atom is 0.337 e. The van der Waals surface area contributed by atoms with E-state index in [0.29, 0.717) is 0 Å². The highest BCUT2D eigenvalue weighted by Crippen LogP contribution is 2.24. The molecule has 0 aliphatic carbocycles. The summed E-state index contributed by atoms with van der Waals surface area (Å²) in [4.78, 5) is 21.2. The van der Waals surface area contributed by atoms with Crippen LogP contribution in [0.3, 0.4) is 0 Å². The van der Waals surface area contributed by atoms with Gasteiger partial charge in [0.2, 0.25) is 0 Å². The first-order valence-corrected chi connectivity index (χ1v) is 5.76. The number of aromatic carboxylic acids is 1. The van der Waals surface area contributed by atoms with Crippen molar-refractivity contribution in [2.45, 2.75) is 19.9 Å². The molecule has 0 spiro atoms. The van der Waals surface area contributed by atoms with E-state index in [9.17, 15) is 20.0 Å². The second kappa shape index (κ2) is 6.14. The Hall–Kier alpha value is -2.15. The van der Waals surface area contributed by atoms with Crippen molar-refractivity contribution in [1.82, 2.24) is 0 Å². The maximum absolute atomic E-state index is 11.1. The van der Waals surface area contributed by atoms with E-state index in [1.165, 1.54) is 6.07 Å². The van der Waals surface area contributed by atoms with Crippen molar-refractivity contribution in [3.8, 4) is 0 Å². The number of nitro benzene ring substituents is 1.